The third-order valence-corrected chi connectivity index (χ3v) is 6.89. The number of anilines is 1. The first kappa shape index (κ1) is 16.7. The molecule has 131 valence electrons. The van der Waals surface area contributed by atoms with Gasteiger partial charge in [0, 0.05) is 49.2 Å². The number of piperazine rings is 1. The highest BCUT2D eigenvalue weighted by atomic mass is 32.2. The van der Waals surface area contributed by atoms with Crippen LogP contribution in [0.5, 0.6) is 0 Å². The SMILES string of the molecule is CCN1C(N)=S(N2CCNCC2)c2ccc(-c3ccccc3F)[c]c21. The average molecular weight is 357 g/mol. The molecule has 0 aliphatic carbocycles. The number of hydrogen-bond donors (Lipinski definition) is 2. The minimum Gasteiger partial charge on any atom is -0.325 e. The number of nitrogens with one attached hydrogen (secondary N) is 1. The molecule has 1 unspecified atom stereocenters. The molecule has 4 nitrogen and oxygen atoms in total. The molecule has 6 heteroatoms. The van der Waals surface area contributed by atoms with Crippen molar-refractivity contribution in [2.75, 3.05) is 37.6 Å². The summed E-state index contributed by atoms with van der Waals surface area (Å²) in [7, 11) is -0.245. The number of nitrogens with two attached hydrogens (primary N) is 1. The maximum Gasteiger partial charge on any atom is 0.131 e. The molecule has 0 bridgehead atoms. The first-order valence-corrected chi connectivity index (χ1v) is 9.80. The van der Waals surface area contributed by atoms with Crippen LogP contribution in [0.15, 0.2) is 41.3 Å². The van der Waals surface area contributed by atoms with Crippen molar-refractivity contribution >= 4 is 21.5 Å². The Morgan fingerprint density at radius 3 is 2.68 bits per heavy atom. The van der Waals surface area contributed by atoms with Crippen LogP contribution < -0.4 is 16.0 Å². The molecular weight excluding hydrogens is 335 g/mol. The van der Waals surface area contributed by atoms with E-state index >= 15 is 0 Å². The van der Waals surface area contributed by atoms with Crippen molar-refractivity contribution in [1.29, 1.82) is 0 Å². The summed E-state index contributed by atoms with van der Waals surface area (Å²) in [6, 6.07) is 14.3. The third kappa shape index (κ3) is 2.89. The van der Waals surface area contributed by atoms with E-state index in [4.69, 9.17) is 5.73 Å². The fourth-order valence-corrected chi connectivity index (χ4v) is 5.69. The minimum absolute atomic E-state index is 0.224. The van der Waals surface area contributed by atoms with Gasteiger partial charge in [-0.05, 0) is 35.3 Å². The van der Waals surface area contributed by atoms with Crippen LogP contribution in [0.25, 0.3) is 11.1 Å². The predicted octanol–water partition coefficient (Wildman–Crippen LogP) is 2.63. The first-order valence-electron chi connectivity index (χ1n) is 8.62. The predicted molar refractivity (Wildman–Crippen MR) is 103 cm³/mol. The van der Waals surface area contributed by atoms with Crippen LogP contribution in [0.2, 0.25) is 0 Å². The van der Waals surface area contributed by atoms with Crippen LogP contribution in [0.3, 0.4) is 0 Å². The van der Waals surface area contributed by atoms with Crippen molar-refractivity contribution in [1.82, 2.24) is 9.62 Å². The van der Waals surface area contributed by atoms with Crippen molar-refractivity contribution in [2.24, 2.45) is 5.73 Å². The van der Waals surface area contributed by atoms with E-state index in [0.717, 1.165) is 49.1 Å². The summed E-state index contributed by atoms with van der Waals surface area (Å²) in [5.41, 5.74) is 8.87. The van der Waals surface area contributed by atoms with Gasteiger partial charge in [-0.3, -0.25) is 5.73 Å². The minimum atomic E-state index is -0.245. The lowest BCUT2D eigenvalue weighted by Gasteiger charge is -2.29. The maximum absolute atomic E-state index is 14.2. The molecule has 3 N–H and O–H groups in total. The Morgan fingerprint density at radius 2 is 1.96 bits per heavy atom. The van der Waals surface area contributed by atoms with Crippen LogP contribution >= 0.6 is 10.7 Å². The van der Waals surface area contributed by atoms with E-state index in [1.54, 1.807) is 12.1 Å². The summed E-state index contributed by atoms with van der Waals surface area (Å²) in [6.45, 7) is 6.80. The average Bonchev–Trinajstić information content (AvgIpc) is 2.93. The highest BCUT2D eigenvalue weighted by molar-refractivity contribution is 8.14. The number of benzene rings is 2. The molecule has 1 radical (unpaired) electrons. The Labute approximate surface area is 150 Å². The fourth-order valence-electron chi connectivity index (χ4n) is 3.40. The molecule has 2 aliphatic heterocycles. The van der Waals surface area contributed by atoms with E-state index in [1.807, 2.05) is 12.1 Å². The molecule has 2 heterocycles. The third-order valence-electron chi connectivity index (χ3n) is 4.64. The molecular formula is C19H22FN4S. The Bertz CT molecular complexity index is 830. The molecule has 25 heavy (non-hydrogen) atoms. The van der Waals surface area contributed by atoms with Crippen LogP contribution in [0, 0.1) is 11.9 Å². The number of nitrogens with zero attached hydrogens (tertiary/aromatic N) is 2. The zero-order valence-corrected chi connectivity index (χ0v) is 15.1. The second-order valence-corrected chi connectivity index (χ2v) is 8.05. The van der Waals surface area contributed by atoms with Gasteiger partial charge in [-0.2, -0.15) is 0 Å². The van der Waals surface area contributed by atoms with E-state index < -0.39 is 0 Å². The summed E-state index contributed by atoms with van der Waals surface area (Å²) in [5, 5.41) is 4.26. The zero-order valence-electron chi connectivity index (χ0n) is 14.3. The second-order valence-electron chi connectivity index (χ2n) is 6.11. The van der Waals surface area contributed by atoms with Crippen molar-refractivity contribution in [3.8, 4) is 11.1 Å². The molecule has 1 fully saturated rings. The summed E-state index contributed by atoms with van der Waals surface area (Å²) in [6.07, 6.45) is 0. The van der Waals surface area contributed by atoms with E-state index in [-0.39, 0.29) is 16.5 Å². The first-order chi connectivity index (χ1) is 12.2. The number of rotatable bonds is 3. The summed E-state index contributed by atoms with van der Waals surface area (Å²) in [4.78, 5) is 3.31. The van der Waals surface area contributed by atoms with E-state index in [9.17, 15) is 4.39 Å². The van der Waals surface area contributed by atoms with Crippen molar-refractivity contribution in [2.45, 2.75) is 11.8 Å². The summed E-state index contributed by atoms with van der Waals surface area (Å²) < 4.78 is 16.6. The van der Waals surface area contributed by atoms with Gasteiger partial charge in [0.05, 0.1) is 5.69 Å². The van der Waals surface area contributed by atoms with Gasteiger partial charge in [-0.1, -0.05) is 24.3 Å². The van der Waals surface area contributed by atoms with Crippen LogP contribution in [-0.2, 0) is 0 Å². The van der Waals surface area contributed by atoms with Crippen LogP contribution in [-0.4, -0.2) is 42.1 Å². The van der Waals surface area contributed by atoms with Crippen molar-refractivity contribution in [3.63, 3.8) is 0 Å². The van der Waals surface area contributed by atoms with Gasteiger partial charge in [-0.15, -0.1) is 0 Å². The van der Waals surface area contributed by atoms with E-state index in [2.05, 4.69) is 33.6 Å². The molecule has 4 rings (SSSR count). The molecule has 1 saturated heterocycles. The summed E-state index contributed by atoms with van der Waals surface area (Å²) >= 11 is 0. The highest BCUT2D eigenvalue weighted by Gasteiger charge is 2.30. The molecule has 2 aromatic carbocycles. The van der Waals surface area contributed by atoms with Crippen LogP contribution in [0.4, 0.5) is 10.1 Å². The van der Waals surface area contributed by atoms with Crippen molar-refractivity contribution < 1.29 is 4.39 Å². The molecule has 0 spiro atoms. The number of hydrogen-bond acceptors (Lipinski definition) is 4. The highest BCUT2D eigenvalue weighted by Crippen LogP contribution is 2.46. The maximum atomic E-state index is 14.2. The lowest BCUT2D eigenvalue weighted by Crippen LogP contribution is -2.42. The Kier molecular flexibility index (Phi) is 4.60. The fraction of sp³-hybridized carbons (Fsp3) is 0.316. The van der Waals surface area contributed by atoms with Gasteiger partial charge in [0.15, 0.2) is 0 Å². The molecule has 0 aromatic heterocycles. The molecule has 2 aromatic rings. The lowest BCUT2D eigenvalue weighted by atomic mass is 10.0. The number of halogens is 1. The Balaban J connectivity index is 1.78. The molecule has 0 saturated carbocycles. The monoisotopic (exact) mass is 357 g/mol. The molecule has 1 atom stereocenters. The van der Waals surface area contributed by atoms with E-state index in [1.165, 1.54) is 11.0 Å². The zero-order chi connectivity index (χ0) is 17.4. The van der Waals surface area contributed by atoms with Gasteiger partial charge in [0.1, 0.15) is 10.9 Å². The standard InChI is InChI=1S/C19H22FN4S/c1-2-24-17-13-14(15-5-3-4-6-16(15)20)7-8-18(17)25(19(24)21)23-11-9-22-10-12-23/h3-8,22H,2,9-12,21H2,1H3. The Morgan fingerprint density at radius 1 is 1.20 bits per heavy atom. The lowest BCUT2D eigenvalue weighted by molar-refractivity contribution is 0.395. The topological polar surface area (TPSA) is 44.5 Å². The van der Waals surface area contributed by atoms with Gasteiger partial charge in [0.25, 0.3) is 0 Å². The smallest absolute Gasteiger partial charge is 0.131 e. The number of fused-ring (bicyclic) bond motifs is 1. The van der Waals surface area contributed by atoms with Gasteiger partial charge in [0.2, 0.25) is 0 Å². The van der Waals surface area contributed by atoms with Crippen LogP contribution in [0.1, 0.15) is 6.92 Å². The molecule has 0 amide bonds. The van der Waals surface area contributed by atoms with Gasteiger partial charge in [-0.25, -0.2) is 8.70 Å². The van der Waals surface area contributed by atoms with Gasteiger partial charge >= 0.3 is 0 Å². The molecule has 2 aliphatic rings. The Hall–Kier alpha value is -1.73. The van der Waals surface area contributed by atoms with Crippen molar-refractivity contribution in [3.05, 3.63) is 48.3 Å². The summed E-state index contributed by atoms with van der Waals surface area (Å²) in [5.74, 6) is -0.224. The van der Waals surface area contributed by atoms with Gasteiger partial charge < -0.3 is 10.2 Å². The normalized spacial score (nSPS) is 20.8. The second kappa shape index (κ2) is 6.88. The van der Waals surface area contributed by atoms with E-state index in [0.29, 0.717) is 5.56 Å². The largest absolute Gasteiger partial charge is 0.325 e. The quantitative estimate of drug-likeness (QED) is 0.829.